The Balaban J connectivity index is 2.03. The highest BCUT2D eigenvalue weighted by Crippen LogP contribution is 2.39. The predicted molar refractivity (Wildman–Crippen MR) is 98.3 cm³/mol. The Bertz CT molecular complexity index is 525. The Morgan fingerprint density at radius 1 is 1.26 bits per heavy atom. The summed E-state index contributed by atoms with van der Waals surface area (Å²) in [6, 6.07) is 0.399. The van der Waals surface area contributed by atoms with E-state index in [1.807, 2.05) is 6.92 Å². The van der Waals surface area contributed by atoms with Gasteiger partial charge in [0, 0.05) is 6.04 Å². The van der Waals surface area contributed by atoms with Gasteiger partial charge in [-0.25, -0.2) is 9.97 Å². The molecule has 1 heterocycles. The normalized spacial score (nSPS) is 25.0. The Morgan fingerprint density at radius 2 is 1.87 bits per heavy atom. The zero-order valence-corrected chi connectivity index (χ0v) is 16.3. The van der Waals surface area contributed by atoms with Crippen LogP contribution in [0, 0.1) is 11.3 Å². The Labute approximate surface area is 148 Å². The van der Waals surface area contributed by atoms with Crippen LogP contribution in [0.2, 0.25) is 5.02 Å². The van der Waals surface area contributed by atoms with E-state index in [9.17, 15) is 4.55 Å². The monoisotopic (exact) mass is 357 g/mol. The molecule has 0 saturated heterocycles. The molecule has 0 aliphatic heterocycles. The molecule has 1 saturated carbocycles. The van der Waals surface area contributed by atoms with Gasteiger partial charge in [-0.05, 0) is 55.1 Å². The minimum absolute atomic E-state index is 0.192. The van der Waals surface area contributed by atoms with Gasteiger partial charge < -0.3 is 9.87 Å². The van der Waals surface area contributed by atoms with E-state index in [2.05, 4.69) is 36.1 Å². The highest BCUT2D eigenvalue weighted by Gasteiger charge is 2.30. The molecule has 1 aromatic rings. The van der Waals surface area contributed by atoms with Crippen molar-refractivity contribution in [2.75, 3.05) is 11.6 Å². The third-order valence-corrected chi connectivity index (χ3v) is 6.58. The van der Waals surface area contributed by atoms with Gasteiger partial charge in [0.1, 0.15) is 22.9 Å². The molecule has 1 aromatic heterocycles. The van der Waals surface area contributed by atoms with Crippen LogP contribution in [-0.2, 0) is 11.2 Å². The molecule has 0 amide bonds. The molecule has 0 spiro atoms. The number of hydrogen-bond acceptors (Lipinski definition) is 4. The van der Waals surface area contributed by atoms with Crippen LogP contribution in [0.1, 0.15) is 64.3 Å². The maximum Gasteiger partial charge on any atom is 0.156 e. The molecule has 1 N–H and O–H groups in total. The van der Waals surface area contributed by atoms with E-state index in [0.717, 1.165) is 18.8 Å². The van der Waals surface area contributed by atoms with Crippen LogP contribution < -0.4 is 5.32 Å². The summed E-state index contributed by atoms with van der Waals surface area (Å²) in [6.45, 7) is 8.85. The number of rotatable bonds is 4. The average molecular weight is 358 g/mol. The first-order valence-electron chi connectivity index (χ1n) is 8.29. The molecule has 1 fully saturated rings. The third kappa shape index (κ3) is 4.74. The first kappa shape index (κ1) is 18.8. The lowest BCUT2D eigenvalue weighted by Crippen LogP contribution is -2.32. The van der Waals surface area contributed by atoms with E-state index in [-0.39, 0.29) is 5.25 Å². The summed E-state index contributed by atoms with van der Waals surface area (Å²) in [7, 11) is 0. The average Bonchev–Trinajstić information content (AvgIpc) is 2.48. The van der Waals surface area contributed by atoms with Crippen LogP contribution in [0.15, 0.2) is 6.33 Å². The first-order valence-corrected chi connectivity index (χ1v) is 10.3. The molecule has 0 bridgehead atoms. The SMILES string of the molecule is CC(c1ncnc(N[C@H]2CC[C@@H](C(C)(C)C)CC2)c1Cl)[S+](C)[O-]. The van der Waals surface area contributed by atoms with E-state index in [4.69, 9.17) is 11.6 Å². The van der Waals surface area contributed by atoms with Crippen molar-refractivity contribution in [2.45, 2.75) is 64.7 Å². The van der Waals surface area contributed by atoms with Gasteiger partial charge in [-0.1, -0.05) is 32.4 Å². The van der Waals surface area contributed by atoms with Gasteiger partial charge >= 0.3 is 0 Å². The van der Waals surface area contributed by atoms with Crippen LogP contribution in [0.5, 0.6) is 0 Å². The molecule has 2 rings (SSSR count). The number of hydrogen-bond donors (Lipinski definition) is 1. The predicted octanol–water partition coefficient (Wildman–Crippen LogP) is 4.59. The molecule has 1 aliphatic rings. The van der Waals surface area contributed by atoms with E-state index >= 15 is 0 Å². The number of aromatic nitrogens is 2. The van der Waals surface area contributed by atoms with Crippen LogP contribution >= 0.6 is 11.6 Å². The molecule has 2 unspecified atom stereocenters. The Kier molecular flexibility index (Phi) is 6.20. The summed E-state index contributed by atoms with van der Waals surface area (Å²) in [6.07, 6.45) is 7.90. The molecule has 2 atom stereocenters. The van der Waals surface area contributed by atoms with E-state index in [0.29, 0.717) is 28.0 Å². The summed E-state index contributed by atoms with van der Waals surface area (Å²) >= 11 is 5.44. The number of halogens is 1. The first-order chi connectivity index (χ1) is 10.7. The highest BCUT2D eigenvalue weighted by molar-refractivity contribution is 7.90. The molecular weight excluding hydrogens is 330 g/mol. The maximum absolute atomic E-state index is 11.7. The van der Waals surface area contributed by atoms with Gasteiger partial charge in [0.05, 0.1) is 6.26 Å². The Hall–Kier alpha value is -0.520. The van der Waals surface area contributed by atoms with E-state index in [1.165, 1.54) is 19.2 Å². The van der Waals surface area contributed by atoms with Crippen molar-refractivity contribution in [2.24, 2.45) is 11.3 Å². The lowest BCUT2D eigenvalue weighted by atomic mass is 9.71. The fourth-order valence-electron chi connectivity index (χ4n) is 3.22. The fourth-order valence-corrected chi connectivity index (χ4v) is 4.10. The lowest BCUT2D eigenvalue weighted by Gasteiger charge is -2.37. The van der Waals surface area contributed by atoms with Crippen molar-refractivity contribution in [1.29, 1.82) is 0 Å². The topological polar surface area (TPSA) is 60.9 Å². The van der Waals surface area contributed by atoms with Crippen LogP contribution in [0.3, 0.4) is 0 Å². The Morgan fingerprint density at radius 3 is 2.39 bits per heavy atom. The second kappa shape index (κ2) is 7.58. The van der Waals surface area contributed by atoms with Gasteiger partial charge in [0.25, 0.3) is 0 Å². The van der Waals surface area contributed by atoms with Gasteiger partial charge in [0.15, 0.2) is 5.25 Å². The summed E-state index contributed by atoms with van der Waals surface area (Å²) < 4.78 is 11.7. The quantitative estimate of drug-likeness (QED) is 0.801. The number of anilines is 1. The second-order valence-corrected chi connectivity index (χ2v) is 9.70. The van der Waals surface area contributed by atoms with E-state index in [1.54, 1.807) is 6.26 Å². The highest BCUT2D eigenvalue weighted by atomic mass is 35.5. The maximum atomic E-state index is 11.7. The molecule has 0 aromatic carbocycles. The summed E-state index contributed by atoms with van der Waals surface area (Å²) in [4.78, 5) is 8.51. The van der Waals surface area contributed by atoms with Crippen molar-refractivity contribution in [3.63, 3.8) is 0 Å². The lowest BCUT2D eigenvalue weighted by molar-refractivity contribution is 0.173. The molecule has 4 nitrogen and oxygen atoms in total. The van der Waals surface area contributed by atoms with E-state index < -0.39 is 11.2 Å². The summed E-state index contributed by atoms with van der Waals surface area (Å²) in [5.74, 6) is 1.45. The summed E-state index contributed by atoms with van der Waals surface area (Å²) in [5, 5.41) is 3.79. The third-order valence-electron chi connectivity index (χ3n) is 4.99. The molecule has 1 aliphatic carbocycles. The van der Waals surface area contributed by atoms with Gasteiger partial charge in [-0.3, -0.25) is 0 Å². The molecule has 6 heteroatoms. The zero-order chi connectivity index (χ0) is 17.2. The smallest absolute Gasteiger partial charge is 0.156 e. The molecular formula is C17H28ClN3OS. The van der Waals surface area contributed by atoms with Crippen molar-refractivity contribution >= 4 is 28.6 Å². The standard InChI is InChI=1S/C17H28ClN3OS/c1-11(23(5)22)15-14(18)16(20-10-19-15)21-13-8-6-12(7-9-13)17(2,3)4/h10-13H,6-9H2,1-5H3,(H,19,20,21)/t11?,12-,13+,23?. The molecule has 23 heavy (non-hydrogen) atoms. The number of nitrogens with zero attached hydrogens (tertiary/aromatic N) is 2. The van der Waals surface area contributed by atoms with Crippen LogP contribution in [-0.4, -0.2) is 26.8 Å². The second-order valence-electron chi connectivity index (χ2n) is 7.62. The van der Waals surface area contributed by atoms with Crippen molar-refractivity contribution in [3.05, 3.63) is 17.0 Å². The fraction of sp³-hybridized carbons (Fsp3) is 0.765. The minimum atomic E-state index is -1.00. The van der Waals surface area contributed by atoms with Gasteiger partial charge in [-0.2, -0.15) is 0 Å². The van der Waals surface area contributed by atoms with Crippen molar-refractivity contribution < 1.29 is 4.55 Å². The number of nitrogens with one attached hydrogen (secondary N) is 1. The molecule has 130 valence electrons. The largest absolute Gasteiger partial charge is 0.616 e. The van der Waals surface area contributed by atoms with Crippen LogP contribution in [0.25, 0.3) is 0 Å². The molecule has 0 radical (unpaired) electrons. The van der Waals surface area contributed by atoms with Crippen molar-refractivity contribution in [1.82, 2.24) is 9.97 Å². The zero-order valence-electron chi connectivity index (χ0n) is 14.7. The minimum Gasteiger partial charge on any atom is -0.616 e. The van der Waals surface area contributed by atoms with Crippen molar-refractivity contribution in [3.8, 4) is 0 Å². The van der Waals surface area contributed by atoms with Gasteiger partial charge in [-0.15, -0.1) is 0 Å². The van der Waals surface area contributed by atoms with Crippen LogP contribution in [0.4, 0.5) is 5.82 Å². The summed E-state index contributed by atoms with van der Waals surface area (Å²) in [5.41, 5.74) is 1.04. The van der Waals surface area contributed by atoms with Gasteiger partial charge in [0.2, 0.25) is 0 Å².